The van der Waals surface area contributed by atoms with E-state index in [-0.39, 0.29) is 0 Å². The predicted octanol–water partition coefficient (Wildman–Crippen LogP) is 1.98. The van der Waals surface area contributed by atoms with Gasteiger partial charge in [0.2, 0.25) is 0 Å². The van der Waals surface area contributed by atoms with Crippen molar-refractivity contribution in [1.82, 2.24) is 20.1 Å². The fourth-order valence-corrected chi connectivity index (χ4v) is 2.59. The van der Waals surface area contributed by atoms with Crippen molar-refractivity contribution in [3.8, 4) is 0 Å². The molecule has 4 nitrogen and oxygen atoms in total. The molecule has 2 heterocycles. The first kappa shape index (κ1) is 11.4. The molecule has 0 saturated carbocycles. The molecule has 3 rings (SSSR count). The van der Waals surface area contributed by atoms with Gasteiger partial charge < -0.3 is 5.32 Å². The van der Waals surface area contributed by atoms with Crippen LogP contribution in [0.4, 0.5) is 0 Å². The van der Waals surface area contributed by atoms with Gasteiger partial charge in [-0.15, -0.1) is 0 Å². The van der Waals surface area contributed by atoms with E-state index in [0.717, 1.165) is 25.1 Å². The highest BCUT2D eigenvalue weighted by molar-refractivity contribution is 5.25. The fraction of sp³-hybridized carbons (Fsp3) is 0.429. The predicted molar refractivity (Wildman–Crippen MR) is 70.0 cm³/mol. The van der Waals surface area contributed by atoms with Crippen LogP contribution in [-0.4, -0.2) is 14.8 Å². The van der Waals surface area contributed by atoms with Crippen LogP contribution < -0.4 is 5.32 Å². The van der Waals surface area contributed by atoms with Crippen LogP contribution in [0, 0.1) is 0 Å². The minimum absolute atomic E-state index is 0.372. The summed E-state index contributed by atoms with van der Waals surface area (Å²) in [6.45, 7) is 0.807. The first-order valence-electron chi connectivity index (χ1n) is 6.48. The van der Waals surface area contributed by atoms with Gasteiger partial charge in [0.25, 0.3) is 0 Å². The lowest BCUT2D eigenvalue weighted by molar-refractivity contribution is 0.444. The summed E-state index contributed by atoms with van der Waals surface area (Å²) in [4.78, 5) is 4.53. The summed E-state index contributed by atoms with van der Waals surface area (Å²) in [5.74, 6) is 0. The van der Waals surface area contributed by atoms with E-state index in [1.165, 1.54) is 17.7 Å². The van der Waals surface area contributed by atoms with Crippen molar-refractivity contribution in [2.75, 3.05) is 0 Å². The Morgan fingerprint density at radius 3 is 3.22 bits per heavy atom. The highest BCUT2D eigenvalue weighted by Gasteiger charge is 2.20. The van der Waals surface area contributed by atoms with E-state index >= 15 is 0 Å². The summed E-state index contributed by atoms with van der Waals surface area (Å²) in [6, 6.07) is 6.64. The van der Waals surface area contributed by atoms with Crippen LogP contribution in [0.1, 0.15) is 35.8 Å². The van der Waals surface area contributed by atoms with E-state index in [1.54, 1.807) is 0 Å². The molecule has 0 fully saturated rings. The first-order valence-corrected chi connectivity index (χ1v) is 6.48. The number of hydrogen-bond donors (Lipinski definition) is 1. The molecule has 1 atom stereocenters. The molecular formula is C14H18N4. The standard InChI is InChI=1S/C14H18N4/c1-18-9-7-12(17-18)10-16-13-6-2-4-11-5-3-8-15-14(11)13/h3,5,7-9,13,16H,2,4,6,10H2,1H3. The molecule has 0 saturated heterocycles. The van der Waals surface area contributed by atoms with Crippen LogP contribution in [0.3, 0.4) is 0 Å². The molecule has 0 bridgehead atoms. The second kappa shape index (κ2) is 4.90. The lowest BCUT2D eigenvalue weighted by Gasteiger charge is -2.24. The van der Waals surface area contributed by atoms with Gasteiger partial charge in [0.05, 0.1) is 17.4 Å². The molecule has 4 heteroatoms. The van der Waals surface area contributed by atoms with E-state index in [4.69, 9.17) is 0 Å². The third-order valence-electron chi connectivity index (χ3n) is 3.49. The Hall–Kier alpha value is -1.68. The van der Waals surface area contributed by atoms with E-state index in [1.807, 2.05) is 30.2 Å². The van der Waals surface area contributed by atoms with Gasteiger partial charge in [-0.3, -0.25) is 9.67 Å². The zero-order chi connectivity index (χ0) is 12.4. The van der Waals surface area contributed by atoms with E-state index in [0.29, 0.717) is 6.04 Å². The Kier molecular flexibility index (Phi) is 3.11. The molecule has 94 valence electrons. The second-order valence-electron chi connectivity index (χ2n) is 4.85. The number of fused-ring (bicyclic) bond motifs is 1. The summed E-state index contributed by atoms with van der Waals surface area (Å²) in [7, 11) is 1.95. The average molecular weight is 242 g/mol. The summed E-state index contributed by atoms with van der Waals surface area (Å²) in [6.07, 6.45) is 7.42. The minimum Gasteiger partial charge on any atom is -0.303 e. The fourth-order valence-electron chi connectivity index (χ4n) is 2.59. The highest BCUT2D eigenvalue weighted by Crippen LogP contribution is 2.27. The molecule has 18 heavy (non-hydrogen) atoms. The molecule has 1 unspecified atom stereocenters. The van der Waals surface area contributed by atoms with Gasteiger partial charge in [-0.05, 0) is 37.0 Å². The van der Waals surface area contributed by atoms with Gasteiger partial charge >= 0.3 is 0 Å². The van der Waals surface area contributed by atoms with Crippen molar-refractivity contribution < 1.29 is 0 Å². The number of rotatable bonds is 3. The van der Waals surface area contributed by atoms with Crippen molar-refractivity contribution in [3.63, 3.8) is 0 Å². The lowest BCUT2D eigenvalue weighted by Crippen LogP contribution is -2.26. The van der Waals surface area contributed by atoms with Crippen LogP contribution in [0.5, 0.6) is 0 Å². The molecule has 1 aliphatic rings. The molecule has 0 aliphatic heterocycles. The van der Waals surface area contributed by atoms with Crippen molar-refractivity contribution in [3.05, 3.63) is 47.5 Å². The summed E-state index contributed by atoms with van der Waals surface area (Å²) in [5, 5.41) is 7.95. The van der Waals surface area contributed by atoms with Crippen LogP contribution >= 0.6 is 0 Å². The number of nitrogens with zero attached hydrogens (tertiary/aromatic N) is 3. The molecular weight excluding hydrogens is 224 g/mol. The zero-order valence-electron chi connectivity index (χ0n) is 10.6. The van der Waals surface area contributed by atoms with Crippen LogP contribution in [0.2, 0.25) is 0 Å². The Balaban J connectivity index is 1.71. The third kappa shape index (κ3) is 2.29. The molecule has 2 aromatic rings. The van der Waals surface area contributed by atoms with Gasteiger partial charge in [-0.1, -0.05) is 6.07 Å². The van der Waals surface area contributed by atoms with Gasteiger partial charge in [-0.2, -0.15) is 5.10 Å². The lowest BCUT2D eigenvalue weighted by atomic mass is 9.92. The number of hydrogen-bond acceptors (Lipinski definition) is 3. The SMILES string of the molecule is Cn1ccc(CNC2CCCc3cccnc32)n1. The molecule has 0 aromatic carbocycles. The summed E-state index contributed by atoms with van der Waals surface area (Å²) < 4.78 is 1.84. The second-order valence-corrected chi connectivity index (χ2v) is 4.85. The number of aromatic nitrogens is 3. The zero-order valence-corrected chi connectivity index (χ0v) is 10.6. The molecule has 2 aromatic heterocycles. The van der Waals surface area contributed by atoms with Crippen LogP contribution in [0.25, 0.3) is 0 Å². The maximum absolute atomic E-state index is 4.53. The largest absolute Gasteiger partial charge is 0.303 e. The maximum Gasteiger partial charge on any atom is 0.0762 e. The average Bonchev–Trinajstić information content (AvgIpc) is 2.82. The Morgan fingerprint density at radius 2 is 2.39 bits per heavy atom. The van der Waals surface area contributed by atoms with E-state index in [9.17, 15) is 0 Å². The minimum atomic E-state index is 0.372. The first-order chi connectivity index (χ1) is 8.83. The van der Waals surface area contributed by atoms with Gasteiger partial charge in [0.15, 0.2) is 0 Å². The highest BCUT2D eigenvalue weighted by atomic mass is 15.3. The van der Waals surface area contributed by atoms with Crippen molar-refractivity contribution >= 4 is 0 Å². The maximum atomic E-state index is 4.53. The number of pyridine rings is 1. The quantitative estimate of drug-likeness (QED) is 0.895. The Morgan fingerprint density at radius 1 is 1.44 bits per heavy atom. The molecule has 0 radical (unpaired) electrons. The van der Waals surface area contributed by atoms with Crippen LogP contribution in [-0.2, 0) is 20.0 Å². The molecule has 0 spiro atoms. The van der Waals surface area contributed by atoms with Gasteiger partial charge in [0, 0.05) is 26.0 Å². The Labute approximate surface area is 107 Å². The van der Waals surface area contributed by atoms with Crippen molar-refractivity contribution in [2.24, 2.45) is 7.05 Å². The molecule has 1 aliphatic carbocycles. The summed E-state index contributed by atoms with van der Waals surface area (Å²) in [5.41, 5.74) is 3.70. The number of nitrogens with one attached hydrogen (secondary N) is 1. The van der Waals surface area contributed by atoms with Crippen molar-refractivity contribution in [2.45, 2.75) is 31.8 Å². The normalized spacial score (nSPS) is 18.6. The number of aryl methyl sites for hydroxylation is 2. The van der Waals surface area contributed by atoms with Crippen molar-refractivity contribution in [1.29, 1.82) is 0 Å². The monoisotopic (exact) mass is 242 g/mol. The van der Waals surface area contributed by atoms with Gasteiger partial charge in [0.1, 0.15) is 0 Å². The molecule has 1 N–H and O–H groups in total. The topological polar surface area (TPSA) is 42.7 Å². The third-order valence-corrected chi connectivity index (χ3v) is 3.49. The summed E-state index contributed by atoms with van der Waals surface area (Å²) >= 11 is 0. The molecule has 0 amide bonds. The van der Waals surface area contributed by atoms with Crippen LogP contribution in [0.15, 0.2) is 30.6 Å². The Bertz CT molecular complexity index is 532. The van der Waals surface area contributed by atoms with E-state index < -0.39 is 0 Å². The smallest absolute Gasteiger partial charge is 0.0762 e. The van der Waals surface area contributed by atoms with E-state index in [2.05, 4.69) is 27.5 Å². The van der Waals surface area contributed by atoms with Gasteiger partial charge in [-0.25, -0.2) is 0 Å².